The van der Waals surface area contributed by atoms with Crippen LogP contribution in [0.1, 0.15) is 21.3 Å². The van der Waals surface area contributed by atoms with Crippen LogP contribution in [0.5, 0.6) is 11.5 Å². The number of nitrogens with zero attached hydrogens (tertiary/aromatic N) is 2. The fourth-order valence-electron chi connectivity index (χ4n) is 4.05. The summed E-state index contributed by atoms with van der Waals surface area (Å²) in [5, 5.41) is 26.9. The molecule has 4 N–H and O–H groups in total. The van der Waals surface area contributed by atoms with Crippen LogP contribution in [0.4, 0.5) is 20.2 Å². The average Bonchev–Trinajstić information content (AvgIpc) is 3.59. The molecule has 2 unspecified atom stereocenters. The zero-order valence-corrected chi connectivity index (χ0v) is 24.6. The Morgan fingerprint density at radius 3 is 1.35 bits per heavy atom. The number of hydrogen-bond acceptors (Lipinski definition) is 8. The maximum absolute atomic E-state index is 12.8. The lowest BCUT2D eigenvalue weighted by molar-refractivity contribution is 0.378. The molecule has 0 aliphatic carbocycles. The number of aromatic hydroxyl groups is 2. The van der Waals surface area contributed by atoms with E-state index in [1.54, 1.807) is 24.3 Å². The first-order valence-corrected chi connectivity index (χ1v) is 15.0. The maximum atomic E-state index is 12.8. The van der Waals surface area contributed by atoms with Crippen LogP contribution in [0.3, 0.4) is 0 Å². The topological polar surface area (TPSA) is 90.3 Å². The van der Waals surface area contributed by atoms with Gasteiger partial charge in [0.1, 0.15) is 33.9 Å². The van der Waals surface area contributed by atoms with Crippen molar-refractivity contribution in [3.63, 3.8) is 0 Å². The van der Waals surface area contributed by atoms with Crippen molar-refractivity contribution in [1.29, 1.82) is 0 Å². The second-order valence-corrected chi connectivity index (χ2v) is 11.9. The van der Waals surface area contributed by atoms with Gasteiger partial charge in [-0.25, -0.2) is 18.7 Å². The highest BCUT2D eigenvalue weighted by Crippen LogP contribution is 2.33. The fourth-order valence-corrected chi connectivity index (χ4v) is 6.06. The van der Waals surface area contributed by atoms with Gasteiger partial charge in [0.2, 0.25) is 0 Å². The average molecular weight is 620 g/mol. The minimum absolute atomic E-state index is 0. The lowest BCUT2D eigenvalue weighted by Crippen LogP contribution is -2.10. The van der Waals surface area contributed by atoms with Gasteiger partial charge in [0, 0.05) is 35.6 Å². The predicted octanol–water partition coefficient (Wildman–Crippen LogP) is 9.51. The van der Waals surface area contributed by atoms with E-state index in [0.29, 0.717) is 13.1 Å². The van der Waals surface area contributed by atoms with Crippen molar-refractivity contribution in [3.8, 4) is 32.6 Å². The standard InChI is InChI=1S/2C16H15FN2OS.CH4/c2*1-10(17)9-18-12-4-2-11(3-5-12)16-19-14-7-6-13(20)8-15(14)21-16;/h2*2-8,10,18,20H,9H2,1H3;1H4/i17-1;;. The molecular weight excluding hydrogens is 586 g/mol. The first-order valence-electron chi connectivity index (χ1n) is 13.4. The molecule has 0 aliphatic rings. The molecule has 0 spiro atoms. The van der Waals surface area contributed by atoms with E-state index in [1.165, 1.54) is 36.5 Å². The number of rotatable bonds is 8. The van der Waals surface area contributed by atoms with E-state index in [9.17, 15) is 19.0 Å². The van der Waals surface area contributed by atoms with E-state index in [2.05, 4.69) is 20.6 Å². The summed E-state index contributed by atoms with van der Waals surface area (Å²) >= 11 is 3.07. The smallest absolute Gasteiger partial charge is 0.124 e. The molecule has 0 radical (unpaired) electrons. The first kappa shape index (κ1) is 31.7. The Kier molecular flexibility index (Phi) is 10.5. The van der Waals surface area contributed by atoms with Crippen LogP contribution >= 0.6 is 22.7 Å². The van der Waals surface area contributed by atoms with Gasteiger partial charge >= 0.3 is 0 Å². The van der Waals surface area contributed by atoms with Gasteiger partial charge < -0.3 is 20.8 Å². The quantitative estimate of drug-likeness (QED) is 0.136. The molecule has 2 aromatic heterocycles. The number of halogens is 2. The molecule has 2 atom stereocenters. The summed E-state index contributed by atoms with van der Waals surface area (Å²) in [4.78, 5) is 9.11. The zero-order valence-electron chi connectivity index (χ0n) is 23.0. The zero-order chi connectivity index (χ0) is 29.6. The summed E-state index contributed by atoms with van der Waals surface area (Å²) in [5.74, 6) is 0.496. The van der Waals surface area contributed by atoms with Crippen molar-refractivity contribution < 1.29 is 19.0 Å². The number of fused-ring (bicyclic) bond motifs is 2. The number of thiazole rings is 2. The Bertz CT molecular complexity index is 1640. The van der Waals surface area contributed by atoms with Gasteiger partial charge in [-0.15, -0.1) is 22.7 Å². The Labute approximate surface area is 257 Å². The molecule has 224 valence electrons. The number of aromatic nitrogens is 2. The van der Waals surface area contributed by atoms with Gasteiger partial charge in [-0.1, -0.05) is 7.43 Å². The molecular formula is C33H34F2N4O2S2. The molecule has 0 fully saturated rings. The monoisotopic (exact) mass is 619 g/mol. The summed E-state index contributed by atoms with van der Waals surface area (Å²) in [6.45, 7) is 3.66. The minimum atomic E-state index is -0.874. The maximum Gasteiger partial charge on any atom is 0.124 e. The molecule has 2 heterocycles. The van der Waals surface area contributed by atoms with E-state index in [4.69, 9.17) is 0 Å². The highest BCUT2D eigenvalue weighted by Gasteiger charge is 2.09. The molecule has 6 aromatic rings. The highest BCUT2D eigenvalue weighted by molar-refractivity contribution is 7.22. The summed E-state index contributed by atoms with van der Waals surface area (Å²) in [6, 6.07) is 25.8. The van der Waals surface area contributed by atoms with Crippen molar-refractivity contribution in [2.75, 3.05) is 23.7 Å². The van der Waals surface area contributed by atoms with Gasteiger partial charge in [-0.2, -0.15) is 0 Å². The molecule has 6 rings (SSSR count). The number of nitrogens with one attached hydrogen (secondary N) is 2. The van der Waals surface area contributed by atoms with Gasteiger partial charge in [0.15, 0.2) is 0 Å². The molecule has 0 bridgehead atoms. The van der Waals surface area contributed by atoms with E-state index < -0.39 is 12.3 Å². The molecule has 0 amide bonds. The van der Waals surface area contributed by atoms with E-state index in [1.807, 2.05) is 60.7 Å². The largest absolute Gasteiger partial charge is 0.508 e. The SMILES string of the molecule is C.CC(F)CNc1ccc(-c2nc3ccc(O)cc3s2)cc1.CC([18F])CNc1ccc(-c2nc3ccc(O)cc3s2)cc1. The predicted molar refractivity (Wildman–Crippen MR) is 178 cm³/mol. The van der Waals surface area contributed by atoms with E-state index in [-0.39, 0.29) is 18.9 Å². The number of phenolic OH excluding ortho intramolecular Hbond substituents is 2. The van der Waals surface area contributed by atoms with E-state index in [0.717, 1.165) is 53.0 Å². The van der Waals surface area contributed by atoms with Crippen molar-refractivity contribution in [2.45, 2.75) is 33.6 Å². The van der Waals surface area contributed by atoms with Crippen LogP contribution in [-0.4, -0.2) is 45.6 Å². The van der Waals surface area contributed by atoms with Crippen molar-refractivity contribution in [2.24, 2.45) is 0 Å². The second-order valence-electron chi connectivity index (χ2n) is 9.82. The highest BCUT2D eigenvalue weighted by atomic mass is 32.1. The summed E-state index contributed by atoms with van der Waals surface area (Å²) in [7, 11) is 0. The first-order chi connectivity index (χ1) is 20.2. The number of anilines is 2. The summed E-state index contributed by atoms with van der Waals surface area (Å²) in [6.07, 6.45) is -1.75. The third kappa shape index (κ3) is 8.39. The molecule has 0 aliphatic heterocycles. The van der Waals surface area contributed by atoms with Gasteiger partial charge in [-0.05, 0) is 98.8 Å². The molecule has 10 heteroatoms. The molecule has 0 saturated heterocycles. The Morgan fingerprint density at radius 2 is 1.00 bits per heavy atom. The summed E-state index contributed by atoms with van der Waals surface area (Å²) < 4.78 is 27.5. The van der Waals surface area contributed by atoms with Crippen LogP contribution in [0.2, 0.25) is 0 Å². The molecule has 43 heavy (non-hydrogen) atoms. The molecule has 0 saturated carbocycles. The number of benzene rings is 4. The second kappa shape index (κ2) is 14.3. The Morgan fingerprint density at radius 1 is 0.628 bits per heavy atom. The van der Waals surface area contributed by atoms with Crippen molar-refractivity contribution in [1.82, 2.24) is 9.97 Å². The molecule has 4 aromatic carbocycles. The number of alkyl halides is 2. The molecule has 6 nitrogen and oxygen atoms in total. The van der Waals surface area contributed by atoms with Crippen LogP contribution in [-0.2, 0) is 0 Å². The van der Waals surface area contributed by atoms with Crippen LogP contribution in [0, 0.1) is 0 Å². The fraction of sp³-hybridized carbons (Fsp3) is 0.212. The van der Waals surface area contributed by atoms with Crippen molar-refractivity contribution >= 4 is 54.5 Å². The van der Waals surface area contributed by atoms with Crippen LogP contribution < -0.4 is 10.6 Å². The van der Waals surface area contributed by atoms with Gasteiger partial charge in [0.25, 0.3) is 0 Å². The van der Waals surface area contributed by atoms with Gasteiger partial charge in [0.05, 0.1) is 20.4 Å². The lowest BCUT2D eigenvalue weighted by Gasteiger charge is -2.07. The lowest BCUT2D eigenvalue weighted by atomic mass is 10.2. The third-order valence-corrected chi connectivity index (χ3v) is 8.32. The number of phenols is 2. The van der Waals surface area contributed by atoms with Crippen LogP contribution in [0.15, 0.2) is 84.9 Å². The van der Waals surface area contributed by atoms with Crippen LogP contribution in [0.25, 0.3) is 41.6 Å². The van der Waals surface area contributed by atoms with Gasteiger partial charge in [-0.3, -0.25) is 0 Å². The van der Waals surface area contributed by atoms with E-state index >= 15 is 0 Å². The summed E-state index contributed by atoms with van der Waals surface area (Å²) in [5.41, 5.74) is 5.55. The Balaban J connectivity index is 0.000000192. The number of hydrogen-bond donors (Lipinski definition) is 4. The minimum Gasteiger partial charge on any atom is -0.508 e. The van der Waals surface area contributed by atoms with Crippen molar-refractivity contribution in [3.05, 3.63) is 84.9 Å². The normalized spacial score (nSPS) is 12.2. The third-order valence-electron chi connectivity index (χ3n) is 6.18. The Hall–Kier alpha value is -4.28.